The van der Waals surface area contributed by atoms with E-state index in [0.717, 1.165) is 34.9 Å². The summed E-state index contributed by atoms with van der Waals surface area (Å²) < 4.78 is 0. The van der Waals surface area contributed by atoms with E-state index in [-0.39, 0.29) is 12.1 Å². The van der Waals surface area contributed by atoms with Crippen LogP contribution in [0.2, 0.25) is 10.0 Å². The van der Waals surface area contributed by atoms with E-state index in [4.69, 9.17) is 23.2 Å². The van der Waals surface area contributed by atoms with Gasteiger partial charge in [0.2, 0.25) is 0 Å². The first kappa shape index (κ1) is 16.2. The summed E-state index contributed by atoms with van der Waals surface area (Å²) in [4.78, 5) is 14.1. The van der Waals surface area contributed by atoms with Crippen LogP contribution in [0.3, 0.4) is 0 Å². The van der Waals surface area contributed by atoms with Crippen LogP contribution in [0, 0.1) is 5.92 Å². The van der Waals surface area contributed by atoms with Crippen molar-refractivity contribution in [1.82, 2.24) is 5.32 Å². The molecule has 1 amide bonds. The molecule has 0 bridgehead atoms. The van der Waals surface area contributed by atoms with E-state index < -0.39 is 0 Å². The van der Waals surface area contributed by atoms with E-state index >= 15 is 0 Å². The molecule has 2 aromatic rings. The lowest BCUT2D eigenvalue weighted by molar-refractivity contribution is 0.0935. The second-order valence-electron chi connectivity index (χ2n) is 6.44. The predicted molar refractivity (Wildman–Crippen MR) is 100 cm³/mol. The number of hydrogen-bond acceptors (Lipinski definition) is 3. The summed E-state index contributed by atoms with van der Waals surface area (Å²) in [7, 11) is 0. The van der Waals surface area contributed by atoms with Crippen LogP contribution >= 0.6 is 34.5 Å². The van der Waals surface area contributed by atoms with Crippen LogP contribution in [0.15, 0.2) is 18.2 Å². The van der Waals surface area contributed by atoms with E-state index in [9.17, 15) is 4.79 Å². The minimum Gasteiger partial charge on any atom is -0.353 e. The molecule has 3 nitrogen and oxygen atoms in total. The predicted octanol–water partition coefficient (Wildman–Crippen LogP) is 5.42. The van der Waals surface area contributed by atoms with Gasteiger partial charge in [0.1, 0.15) is 11.2 Å². The van der Waals surface area contributed by atoms with Crippen molar-refractivity contribution >= 4 is 45.4 Å². The van der Waals surface area contributed by atoms with Gasteiger partial charge in [-0.25, -0.2) is 0 Å². The molecule has 0 saturated heterocycles. The molecule has 126 valence electrons. The van der Waals surface area contributed by atoms with Gasteiger partial charge >= 0.3 is 0 Å². The first-order chi connectivity index (χ1) is 11.6. The molecule has 2 aliphatic rings. The normalized spacial score (nSPS) is 22.4. The fourth-order valence-corrected chi connectivity index (χ4v) is 5.51. The third kappa shape index (κ3) is 2.71. The highest BCUT2D eigenvalue weighted by atomic mass is 35.5. The molecule has 1 aliphatic carbocycles. The molecule has 6 heteroatoms. The summed E-state index contributed by atoms with van der Waals surface area (Å²) in [5.41, 5.74) is 2.91. The van der Waals surface area contributed by atoms with Gasteiger partial charge in [-0.1, -0.05) is 42.6 Å². The van der Waals surface area contributed by atoms with Crippen molar-refractivity contribution in [1.29, 1.82) is 0 Å². The number of thiophene rings is 1. The van der Waals surface area contributed by atoms with Gasteiger partial charge in [-0.2, -0.15) is 0 Å². The fraction of sp³-hybridized carbons (Fsp3) is 0.389. The Morgan fingerprint density at radius 1 is 1.29 bits per heavy atom. The topological polar surface area (TPSA) is 41.1 Å². The number of hydrogen-bond donors (Lipinski definition) is 2. The molecule has 1 aromatic carbocycles. The van der Waals surface area contributed by atoms with E-state index in [1.807, 2.05) is 6.07 Å². The Hall–Kier alpha value is -1.23. The lowest BCUT2D eigenvalue weighted by atomic mass is 9.85. The zero-order chi connectivity index (χ0) is 16.8. The average Bonchev–Trinajstić information content (AvgIpc) is 2.92. The number of amides is 1. The molecular weight excluding hydrogens is 363 g/mol. The Morgan fingerprint density at radius 2 is 2.12 bits per heavy atom. The number of carbonyl (C=O) groups is 1. The SMILES string of the molecule is CC[C@H]1CCc2c(sc3c2C(=O)N[C@@H](c2ccc(Cl)cc2Cl)N3)C1. The Bertz CT molecular complexity index is 818. The molecule has 1 aromatic heterocycles. The number of rotatable bonds is 2. The summed E-state index contributed by atoms with van der Waals surface area (Å²) >= 11 is 14.0. The lowest BCUT2D eigenvalue weighted by Crippen LogP contribution is -2.38. The van der Waals surface area contributed by atoms with Crippen LogP contribution in [0.25, 0.3) is 0 Å². The van der Waals surface area contributed by atoms with Crippen molar-refractivity contribution < 1.29 is 4.79 Å². The van der Waals surface area contributed by atoms with Crippen molar-refractivity contribution in [3.63, 3.8) is 0 Å². The Morgan fingerprint density at radius 3 is 2.88 bits per heavy atom. The van der Waals surface area contributed by atoms with Gasteiger partial charge < -0.3 is 10.6 Å². The number of benzene rings is 1. The second kappa shape index (κ2) is 6.25. The summed E-state index contributed by atoms with van der Waals surface area (Å²) in [6, 6.07) is 5.35. The summed E-state index contributed by atoms with van der Waals surface area (Å²) in [5.74, 6) is 0.731. The Kier molecular flexibility index (Phi) is 4.23. The largest absolute Gasteiger partial charge is 0.353 e. The average molecular weight is 381 g/mol. The molecule has 0 saturated carbocycles. The van der Waals surface area contributed by atoms with Gasteiger partial charge in [-0.3, -0.25) is 4.79 Å². The van der Waals surface area contributed by atoms with Crippen LogP contribution in [-0.2, 0) is 12.8 Å². The lowest BCUT2D eigenvalue weighted by Gasteiger charge is -2.27. The molecular formula is C18H18Cl2N2OS. The van der Waals surface area contributed by atoms with Crippen molar-refractivity contribution in [3.8, 4) is 0 Å². The van der Waals surface area contributed by atoms with E-state index in [0.29, 0.717) is 10.0 Å². The zero-order valence-electron chi connectivity index (χ0n) is 13.3. The van der Waals surface area contributed by atoms with E-state index in [1.165, 1.54) is 23.3 Å². The van der Waals surface area contributed by atoms with Gasteiger partial charge in [0.25, 0.3) is 5.91 Å². The minimum absolute atomic E-state index is 0.00721. The maximum Gasteiger partial charge on any atom is 0.256 e. The maximum atomic E-state index is 12.7. The zero-order valence-corrected chi connectivity index (χ0v) is 15.6. The molecule has 0 unspecified atom stereocenters. The van der Waals surface area contributed by atoms with Gasteiger partial charge in [-0.05, 0) is 42.9 Å². The fourth-order valence-electron chi connectivity index (χ4n) is 3.61. The number of anilines is 1. The summed E-state index contributed by atoms with van der Waals surface area (Å²) in [6.45, 7) is 2.24. The van der Waals surface area contributed by atoms with Crippen molar-refractivity contribution in [3.05, 3.63) is 49.8 Å². The molecule has 1 aliphatic heterocycles. The quantitative estimate of drug-likeness (QED) is 0.729. The molecule has 24 heavy (non-hydrogen) atoms. The van der Waals surface area contributed by atoms with Crippen molar-refractivity contribution in [2.75, 3.05) is 5.32 Å². The number of nitrogens with one attached hydrogen (secondary N) is 2. The van der Waals surface area contributed by atoms with Crippen molar-refractivity contribution in [2.45, 2.75) is 38.8 Å². The third-order valence-electron chi connectivity index (χ3n) is 5.00. The van der Waals surface area contributed by atoms with Crippen LogP contribution in [0.4, 0.5) is 5.00 Å². The summed E-state index contributed by atoms with van der Waals surface area (Å²) in [6.07, 6.45) is 4.14. The van der Waals surface area contributed by atoms with E-state index in [1.54, 1.807) is 23.5 Å². The van der Waals surface area contributed by atoms with E-state index in [2.05, 4.69) is 17.6 Å². The first-order valence-electron chi connectivity index (χ1n) is 8.23. The monoisotopic (exact) mass is 380 g/mol. The third-order valence-corrected chi connectivity index (χ3v) is 6.74. The molecule has 2 heterocycles. The van der Waals surface area contributed by atoms with Gasteiger partial charge in [0.05, 0.1) is 5.56 Å². The molecule has 2 atom stereocenters. The minimum atomic E-state index is -0.322. The highest BCUT2D eigenvalue weighted by Gasteiger charge is 2.33. The van der Waals surface area contributed by atoms with Crippen molar-refractivity contribution in [2.24, 2.45) is 5.92 Å². The second-order valence-corrected chi connectivity index (χ2v) is 8.39. The molecule has 0 radical (unpaired) electrons. The first-order valence-corrected chi connectivity index (χ1v) is 9.81. The van der Waals surface area contributed by atoms with Gasteiger partial charge in [-0.15, -0.1) is 11.3 Å². The molecule has 2 N–H and O–H groups in total. The van der Waals surface area contributed by atoms with Gasteiger partial charge in [0, 0.05) is 20.5 Å². The van der Waals surface area contributed by atoms with Gasteiger partial charge in [0.15, 0.2) is 0 Å². The Labute approximate surface area is 155 Å². The van der Waals surface area contributed by atoms with Crippen LogP contribution in [-0.4, -0.2) is 5.91 Å². The number of carbonyl (C=O) groups excluding carboxylic acids is 1. The van der Waals surface area contributed by atoms with Crippen LogP contribution in [0.1, 0.15) is 52.3 Å². The smallest absolute Gasteiger partial charge is 0.256 e. The molecule has 4 rings (SSSR count). The number of fused-ring (bicyclic) bond motifs is 3. The van der Waals surface area contributed by atoms with Crippen LogP contribution < -0.4 is 10.6 Å². The highest BCUT2D eigenvalue weighted by molar-refractivity contribution is 7.16. The number of halogens is 2. The van der Waals surface area contributed by atoms with Crippen LogP contribution in [0.5, 0.6) is 0 Å². The summed E-state index contributed by atoms with van der Waals surface area (Å²) in [5, 5.41) is 8.60. The molecule has 0 fully saturated rings. The maximum absolute atomic E-state index is 12.7. The molecule has 0 spiro atoms. The standard InChI is InChI=1S/C18H18Cl2N2OS/c1-2-9-3-5-12-14(7-9)24-18-15(12)17(23)21-16(22-18)11-6-4-10(19)8-13(11)20/h4,6,8-9,16,22H,2-3,5,7H2,1H3,(H,21,23)/t9-,16+/m0/s1. The Balaban J connectivity index is 1.68. The highest BCUT2D eigenvalue weighted by Crippen LogP contribution is 2.43.